The van der Waals surface area contributed by atoms with Crippen LogP contribution in [0.3, 0.4) is 0 Å². The van der Waals surface area contributed by atoms with Gasteiger partial charge in [0.15, 0.2) is 0 Å². The van der Waals surface area contributed by atoms with Crippen LogP contribution in [0.1, 0.15) is 26.3 Å². The number of hydrogen-bond acceptors (Lipinski definition) is 2. The van der Waals surface area contributed by atoms with Crippen LogP contribution in [0, 0.1) is 30.1 Å². The minimum absolute atomic E-state index is 0.492. The molecule has 2 heterocycles. The van der Waals surface area contributed by atoms with E-state index >= 15 is 0 Å². The van der Waals surface area contributed by atoms with Gasteiger partial charge in [-0.1, -0.05) is 20.8 Å². The number of aromatic nitrogens is 1. The Hall–Kier alpha value is -1.05. The molecule has 2 heteroatoms. The molecule has 1 saturated carbocycles. The Morgan fingerprint density at radius 1 is 1.18 bits per heavy atom. The SMILES string of the molecule is Cc1cncc(N2CC3C(C2)C3C(C)(C)C)c1. The second-order valence-electron chi connectivity index (χ2n) is 6.84. The van der Waals surface area contributed by atoms with Crippen LogP contribution in [-0.2, 0) is 0 Å². The highest BCUT2D eigenvalue weighted by atomic mass is 15.2. The van der Waals surface area contributed by atoms with Gasteiger partial charge >= 0.3 is 0 Å². The van der Waals surface area contributed by atoms with Crippen molar-refractivity contribution in [2.45, 2.75) is 27.7 Å². The lowest BCUT2D eigenvalue weighted by Crippen LogP contribution is -2.27. The number of rotatable bonds is 1. The molecule has 0 amide bonds. The van der Waals surface area contributed by atoms with Crippen molar-refractivity contribution in [1.29, 1.82) is 0 Å². The third kappa shape index (κ3) is 1.84. The van der Waals surface area contributed by atoms with Crippen LogP contribution in [-0.4, -0.2) is 18.1 Å². The summed E-state index contributed by atoms with van der Waals surface area (Å²) >= 11 is 0. The average Bonchev–Trinajstić information content (AvgIpc) is 2.77. The summed E-state index contributed by atoms with van der Waals surface area (Å²) in [6.07, 6.45) is 3.93. The third-order valence-corrected chi connectivity index (χ3v) is 4.42. The molecule has 2 fully saturated rings. The van der Waals surface area contributed by atoms with Gasteiger partial charge in [-0.3, -0.25) is 4.98 Å². The lowest BCUT2D eigenvalue weighted by molar-refractivity contribution is 0.309. The van der Waals surface area contributed by atoms with Crippen molar-refractivity contribution in [3.05, 3.63) is 24.0 Å². The first kappa shape index (κ1) is 11.1. The van der Waals surface area contributed by atoms with Crippen molar-refractivity contribution < 1.29 is 0 Å². The maximum atomic E-state index is 4.29. The largest absolute Gasteiger partial charge is 0.370 e. The van der Waals surface area contributed by atoms with Crippen LogP contribution in [0.5, 0.6) is 0 Å². The molecule has 2 aliphatic rings. The minimum Gasteiger partial charge on any atom is -0.370 e. The fourth-order valence-electron chi connectivity index (χ4n) is 3.73. The molecule has 0 spiro atoms. The Balaban J connectivity index is 1.70. The Morgan fingerprint density at radius 3 is 2.35 bits per heavy atom. The highest BCUT2D eigenvalue weighted by Crippen LogP contribution is 2.60. The van der Waals surface area contributed by atoms with Crippen LogP contribution in [0.4, 0.5) is 5.69 Å². The predicted molar refractivity (Wildman–Crippen MR) is 71.1 cm³/mol. The normalized spacial score (nSPS) is 31.5. The minimum atomic E-state index is 0.492. The van der Waals surface area contributed by atoms with Crippen molar-refractivity contribution in [2.75, 3.05) is 18.0 Å². The van der Waals surface area contributed by atoms with Gasteiger partial charge in [-0.15, -0.1) is 0 Å². The summed E-state index contributed by atoms with van der Waals surface area (Å²) in [5, 5.41) is 0. The Bertz CT molecular complexity index is 421. The van der Waals surface area contributed by atoms with Crippen LogP contribution in [0.25, 0.3) is 0 Å². The number of aryl methyl sites for hydroxylation is 1. The number of fused-ring (bicyclic) bond motifs is 1. The van der Waals surface area contributed by atoms with E-state index in [0.29, 0.717) is 5.41 Å². The molecule has 2 unspecified atom stereocenters. The summed E-state index contributed by atoms with van der Waals surface area (Å²) in [5.41, 5.74) is 3.06. The van der Waals surface area contributed by atoms with Gasteiger partial charge in [0, 0.05) is 19.3 Å². The van der Waals surface area contributed by atoms with Gasteiger partial charge < -0.3 is 4.90 Å². The second-order valence-corrected chi connectivity index (χ2v) is 6.84. The summed E-state index contributed by atoms with van der Waals surface area (Å²) in [7, 11) is 0. The first-order valence-electron chi connectivity index (χ1n) is 6.63. The van der Waals surface area contributed by atoms with Gasteiger partial charge in [-0.05, 0) is 41.7 Å². The maximum Gasteiger partial charge on any atom is 0.0555 e. The van der Waals surface area contributed by atoms with Crippen molar-refractivity contribution in [3.63, 3.8) is 0 Å². The molecule has 0 aromatic carbocycles. The van der Waals surface area contributed by atoms with Gasteiger partial charge in [-0.25, -0.2) is 0 Å². The number of pyridine rings is 1. The van der Waals surface area contributed by atoms with Crippen molar-refractivity contribution in [1.82, 2.24) is 4.98 Å². The maximum absolute atomic E-state index is 4.29. The molecule has 3 rings (SSSR count). The summed E-state index contributed by atoms with van der Waals surface area (Å²) < 4.78 is 0. The fraction of sp³-hybridized carbons (Fsp3) is 0.667. The van der Waals surface area contributed by atoms with Gasteiger partial charge in [0.05, 0.1) is 11.9 Å². The van der Waals surface area contributed by atoms with E-state index in [1.807, 2.05) is 12.4 Å². The van der Waals surface area contributed by atoms with E-state index < -0.39 is 0 Å². The zero-order chi connectivity index (χ0) is 12.2. The molecule has 17 heavy (non-hydrogen) atoms. The van der Waals surface area contributed by atoms with E-state index in [0.717, 1.165) is 17.8 Å². The zero-order valence-corrected chi connectivity index (χ0v) is 11.3. The first-order valence-corrected chi connectivity index (χ1v) is 6.63. The molecule has 0 bridgehead atoms. The van der Waals surface area contributed by atoms with E-state index in [1.165, 1.54) is 24.3 Å². The van der Waals surface area contributed by atoms with E-state index in [1.54, 1.807) is 0 Å². The molecular formula is C15H22N2. The highest BCUT2D eigenvalue weighted by molar-refractivity contribution is 5.48. The van der Waals surface area contributed by atoms with Crippen LogP contribution in [0.15, 0.2) is 18.5 Å². The zero-order valence-electron chi connectivity index (χ0n) is 11.3. The van der Waals surface area contributed by atoms with E-state index in [-0.39, 0.29) is 0 Å². The van der Waals surface area contributed by atoms with Crippen LogP contribution in [0.2, 0.25) is 0 Å². The third-order valence-electron chi connectivity index (χ3n) is 4.42. The van der Waals surface area contributed by atoms with Gasteiger partial charge in [0.1, 0.15) is 0 Å². The van der Waals surface area contributed by atoms with Crippen LogP contribution < -0.4 is 4.90 Å². The molecule has 2 nitrogen and oxygen atoms in total. The van der Waals surface area contributed by atoms with Gasteiger partial charge in [-0.2, -0.15) is 0 Å². The Morgan fingerprint density at radius 2 is 1.82 bits per heavy atom. The molecule has 1 saturated heterocycles. The summed E-state index contributed by atoms with van der Waals surface area (Å²) in [4.78, 5) is 6.81. The molecule has 1 aliphatic heterocycles. The van der Waals surface area contributed by atoms with Gasteiger partial charge in [0.25, 0.3) is 0 Å². The summed E-state index contributed by atoms with van der Waals surface area (Å²) in [6.45, 7) is 11.7. The summed E-state index contributed by atoms with van der Waals surface area (Å²) in [5.74, 6) is 2.79. The van der Waals surface area contributed by atoms with E-state index in [4.69, 9.17) is 0 Å². The molecular weight excluding hydrogens is 208 g/mol. The number of piperidine rings is 1. The smallest absolute Gasteiger partial charge is 0.0555 e. The van der Waals surface area contributed by atoms with Crippen molar-refractivity contribution >= 4 is 5.69 Å². The van der Waals surface area contributed by atoms with E-state index in [2.05, 4.69) is 43.6 Å². The lowest BCUT2D eigenvalue weighted by atomic mass is 9.87. The van der Waals surface area contributed by atoms with Crippen LogP contribution >= 0.6 is 0 Å². The topological polar surface area (TPSA) is 16.1 Å². The molecule has 0 radical (unpaired) electrons. The lowest BCUT2D eigenvalue weighted by Gasteiger charge is -2.27. The molecule has 2 atom stereocenters. The number of anilines is 1. The molecule has 1 aliphatic carbocycles. The van der Waals surface area contributed by atoms with Crippen molar-refractivity contribution in [2.24, 2.45) is 23.2 Å². The quantitative estimate of drug-likeness (QED) is 0.737. The molecule has 1 aromatic heterocycles. The second kappa shape index (κ2) is 3.47. The standard InChI is InChI=1S/C15H22N2/c1-10-5-11(7-16-6-10)17-8-12-13(9-17)14(12)15(2,3)4/h5-7,12-14H,8-9H2,1-4H3. The number of hydrogen-bond donors (Lipinski definition) is 0. The molecule has 1 aromatic rings. The molecule has 0 N–H and O–H groups in total. The first-order chi connectivity index (χ1) is 7.97. The molecule has 92 valence electrons. The predicted octanol–water partition coefficient (Wildman–Crippen LogP) is 3.12. The van der Waals surface area contributed by atoms with Crippen molar-refractivity contribution in [3.8, 4) is 0 Å². The number of nitrogens with zero attached hydrogens (tertiary/aromatic N) is 2. The fourth-order valence-corrected chi connectivity index (χ4v) is 3.73. The monoisotopic (exact) mass is 230 g/mol. The van der Waals surface area contributed by atoms with E-state index in [9.17, 15) is 0 Å². The highest BCUT2D eigenvalue weighted by Gasteiger charge is 2.59. The Kier molecular flexibility index (Phi) is 2.26. The Labute approximate surface area is 104 Å². The summed E-state index contributed by atoms with van der Waals surface area (Å²) in [6, 6.07) is 2.25. The van der Waals surface area contributed by atoms with Gasteiger partial charge in [0.2, 0.25) is 0 Å². The average molecular weight is 230 g/mol.